The normalized spacial score (nSPS) is 22.9. The molecule has 1 aliphatic heterocycles. The highest BCUT2D eigenvalue weighted by Gasteiger charge is 2.43. The second kappa shape index (κ2) is 6.47. The Bertz CT molecular complexity index is 774. The molecule has 0 bridgehead atoms. The number of carbonyl (C=O) groups excluding carboxylic acids is 1. The summed E-state index contributed by atoms with van der Waals surface area (Å²) in [5.41, 5.74) is 1.62. The number of rotatable bonds is 4. The van der Waals surface area contributed by atoms with Gasteiger partial charge in [-0.1, -0.05) is 11.6 Å². The van der Waals surface area contributed by atoms with Crippen molar-refractivity contribution in [1.82, 2.24) is 0 Å². The van der Waals surface area contributed by atoms with Gasteiger partial charge in [-0.2, -0.15) is 0 Å². The van der Waals surface area contributed by atoms with Crippen LogP contribution in [-0.4, -0.2) is 19.0 Å². The third-order valence-electron chi connectivity index (χ3n) is 4.91. The van der Waals surface area contributed by atoms with Gasteiger partial charge in [-0.25, -0.2) is 4.39 Å². The van der Waals surface area contributed by atoms with E-state index in [0.717, 1.165) is 13.0 Å². The summed E-state index contributed by atoms with van der Waals surface area (Å²) >= 11 is 7.58. The summed E-state index contributed by atoms with van der Waals surface area (Å²) in [6.45, 7) is 1.34. The molecule has 0 radical (unpaired) electrons. The molecule has 1 fully saturated rings. The van der Waals surface area contributed by atoms with E-state index in [-0.39, 0.29) is 11.6 Å². The number of hydrogen-bond acceptors (Lipinski definition) is 2. The first kappa shape index (κ1) is 16.1. The average Bonchev–Trinajstić information content (AvgIpc) is 3.26. The molecule has 6 heteroatoms. The van der Waals surface area contributed by atoms with Crippen LogP contribution in [0.2, 0.25) is 5.02 Å². The number of halogens is 2. The molecule has 2 atom stereocenters. The first-order chi connectivity index (χ1) is 11.6. The highest BCUT2D eigenvalue weighted by Crippen LogP contribution is 2.42. The van der Waals surface area contributed by atoms with E-state index in [1.54, 1.807) is 6.07 Å². The van der Waals surface area contributed by atoms with Gasteiger partial charge in [0.05, 0.1) is 12.2 Å². The maximum absolute atomic E-state index is 13.9. The lowest BCUT2D eigenvalue weighted by Crippen LogP contribution is -3.14. The van der Waals surface area contributed by atoms with Crippen LogP contribution in [-0.2, 0) is 11.2 Å². The monoisotopic (exact) mass is 365 g/mol. The molecule has 1 aromatic heterocycles. The van der Waals surface area contributed by atoms with Gasteiger partial charge in [0, 0.05) is 27.8 Å². The molecule has 1 unspecified atom stereocenters. The molecule has 0 spiro atoms. The predicted molar refractivity (Wildman–Crippen MR) is 94.2 cm³/mol. The van der Waals surface area contributed by atoms with E-state index in [1.165, 1.54) is 40.3 Å². The van der Waals surface area contributed by atoms with Crippen LogP contribution >= 0.6 is 22.9 Å². The van der Waals surface area contributed by atoms with Crippen molar-refractivity contribution in [3.05, 3.63) is 50.9 Å². The third kappa shape index (κ3) is 3.21. The fourth-order valence-electron chi connectivity index (χ4n) is 3.69. The Morgan fingerprint density at radius 1 is 1.38 bits per heavy atom. The van der Waals surface area contributed by atoms with Crippen molar-refractivity contribution in [1.29, 1.82) is 0 Å². The lowest BCUT2D eigenvalue weighted by Gasteiger charge is -2.32. The molecule has 2 heterocycles. The minimum Gasteiger partial charge on any atom is -0.320 e. The number of amides is 1. The lowest BCUT2D eigenvalue weighted by molar-refractivity contribution is -0.928. The summed E-state index contributed by atoms with van der Waals surface area (Å²) in [7, 11) is 0. The molecule has 0 saturated heterocycles. The Morgan fingerprint density at radius 2 is 2.21 bits per heavy atom. The molecule has 4 rings (SSSR count). The summed E-state index contributed by atoms with van der Waals surface area (Å²) < 4.78 is 13.9. The van der Waals surface area contributed by atoms with Gasteiger partial charge in [0.25, 0.3) is 5.91 Å². The van der Waals surface area contributed by atoms with E-state index in [9.17, 15) is 9.18 Å². The summed E-state index contributed by atoms with van der Waals surface area (Å²) in [4.78, 5) is 15.2. The smallest absolute Gasteiger partial charge is 0.279 e. The first-order valence-electron chi connectivity index (χ1n) is 8.27. The van der Waals surface area contributed by atoms with E-state index in [4.69, 9.17) is 11.6 Å². The van der Waals surface area contributed by atoms with E-state index in [1.807, 2.05) is 11.3 Å². The molecule has 2 N–H and O–H groups in total. The fourth-order valence-corrected chi connectivity index (χ4v) is 4.78. The van der Waals surface area contributed by atoms with Gasteiger partial charge in [-0.05, 0) is 42.5 Å². The van der Waals surface area contributed by atoms with Crippen molar-refractivity contribution in [2.75, 3.05) is 18.4 Å². The van der Waals surface area contributed by atoms with Crippen LogP contribution in [0.3, 0.4) is 0 Å². The van der Waals surface area contributed by atoms with E-state index >= 15 is 0 Å². The summed E-state index contributed by atoms with van der Waals surface area (Å²) in [5, 5.41) is 5.18. The molecular formula is C18H19ClFN2OS+. The van der Waals surface area contributed by atoms with Crippen LogP contribution in [0.25, 0.3) is 0 Å². The Balaban J connectivity index is 1.47. The number of hydrogen-bond donors (Lipinski definition) is 2. The third-order valence-corrected chi connectivity index (χ3v) is 6.15. The van der Waals surface area contributed by atoms with Gasteiger partial charge in [0.2, 0.25) is 0 Å². The number of quaternary nitrogens is 1. The number of carbonyl (C=O) groups is 1. The minimum atomic E-state index is -0.497. The largest absolute Gasteiger partial charge is 0.320 e. The van der Waals surface area contributed by atoms with Crippen molar-refractivity contribution >= 4 is 34.5 Å². The summed E-state index contributed by atoms with van der Waals surface area (Å²) in [6, 6.07) is 6.95. The zero-order chi connectivity index (χ0) is 16.7. The average molecular weight is 366 g/mol. The van der Waals surface area contributed by atoms with Crippen molar-refractivity contribution in [2.24, 2.45) is 5.92 Å². The molecule has 2 aliphatic rings. The van der Waals surface area contributed by atoms with Crippen LogP contribution in [0.15, 0.2) is 29.6 Å². The van der Waals surface area contributed by atoms with Crippen molar-refractivity contribution in [3.63, 3.8) is 0 Å². The number of fused-ring (bicyclic) bond motifs is 1. The number of benzene rings is 1. The van der Waals surface area contributed by atoms with Crippen LogP contribution in [0, 0.1) is 11.7 Å². The van der Waals surface area contributed by atoms with Gasteiger partial charge < -0.3 is 10.2 Å². The second-order valence-corrected chi connectivity index (χ2v) is 8.06. The highest BCUT2D eigenvalue weighted by atomic mass is 35.5. The van der Waals surface area contributed by atoms with Gasteiger partial charge in [-0.3, -0.25) is 4.79 Å². The Labute approximate surface area is 149 Å². The molecule has 1 aliphatic carbocycles. The maximum Gasteiger partial charge on any atom is 0.279 e. The predicted octanol–water partition coefficient (Wildman–Crippen LogP) is 3.07. The number of anilines is 1. The summed E-state index contributed by atoms with van der Waals surface area (Å²) in [5.74, 6) is 0.0487. The van der Waals surface area contributed by atoms with Gasteiger partial charge in [0.15, 0.2) is 6.54 Å². The lowest BCUT2D eigenvalue weighted by atomic mass is 9.96. The molecule has 126 valence electrons. The Kier molecular flexibility index (Phi) is 4.33. The van der Waals surface area contributed by atoms with Crippen LogP contribution in [0.4, 0.5) is 10.1 Å². The molecule has 1 aromatic carbocycles. The van der Waals surface area contributed by atoms with Gasteiger partial charge in [-0.15, -0.1) is 11.3 Å². The zero-order valence-corrected chi connectivity index (χ0v) is 14.7. The topological polar surface area (TPSA) is 33.5 Å². The molecule has 2 aromatic rings. The fraction of sp³-hybridized carbons (Fsp3) is 0.389. The van der Waals surface area contributed by atoms with E-state index < -0.39 is 5.82 Å². The van der Waals surface area contributed by atoms with E-state index in [0.29, 0.717) is 23.5 Å². The zero-order valence-electron chi connectivity index (χ0n) is 13.1. The molecular weight excluding hydrogens is 347 g/mol. The van der Waals surface area contributed by atoms with Crippen LogP contribution in [0.5, 0.6) is 0 Å². The first-order valence-corrected chi connectivity index (χ1v) is 9.53. The standard InChI is InChI=1S/C18H18ClFN2OS/c19-12-3-4-15(14(20)9-12)21-17(23)10-22-7-5-16-13(6-8-24-16)18(22)11-1-2-11/h3-4,6,8-9,11,18H,1-2,5,7,10H2,(H,21,23)/p+1/t18-/m1/s1. The Morgan fingerprint density at radius 3 is 2.96 bits per heavy atom. The molecule has 1 saturated carbocycles. The quantitative estimate of drug-likeness (QED) is 0.857. The second-order valence-electron chi connectivity index (χ2n) is 6.62. The number of nitrogens with one attached hydrogen (secondary N) is 2. The van der Waals surface area contributed by atoms with Crippen molar-refractivity contribution < 1.29 is 14.1 Å². The van der Waals surface area contributed by atoms with Crippen LogP contribution < -0.4 is 10.2 Å². The van der Waals surface area contributed by atoms with Crippen LogP contribution in [0.1, 0.15) is 29.3 Å². The van der Waals surface area contributed by atoms with Gasteiger partial charge >= 0.3 is 0 Å². The van der Waals surface area contributed by atoms with Crippen molar-refractivity contribution in [3.8, 4) is 0 Å². The molecule has 24 heavy (non-hydrogen) atoms. The number of thiophene rings is 1. The molecule has 1 amide bonds. The van der Waals surface area contributed by atoms with Gasteiger partial charge in [0.1, 0.15) is 11.9 Å². The van der Waals surface area contributed by atoms with Crippen molar-refractivity contribution in [2.45, 2.75) is 25.3 Å². The highest BCUT2D eigenvalue weighted by molar-refractivity contribution is 7.10. The summed E-state index contributed by atoms with van der Waals surface area (Å²) in [6.07, 6.45) is 3.52. The maximum atomic E-state index is 13.9. The van der Waals surface area contributed by atoms with E-state index in [2.05, 4.69) is 16.8 Å². The SMILES string of the molecule is O=C(C[NH+]1CCc2sccc2[C@H]1C1CC1)Nc1ccc(Cl)cc1F. The molecule has 3 nitrogen and oxygen atoms in total. The minimum absolute atomic E-state index is 0.143. The Hall–Kier alpha value is -1.43.